The van der Waals surface area contributed by atoms with Crippen LogP contribution in [0.3, 0.4) is 0 Å². The van der Waals surface area contributed by atoms with Crippen molar-refractivity contribution in [1.82, 2.24) is 10.6 Å². The molecule has 1 aromatic heterocycles. The van der Waals surface area contributed by atoms with Gasteiger partial charge >= 0.3 is 17.7 Å². The van der Waals surface area contributed by atoms with Crippen LogP contribution in [0, 0.1) is 0 Å². The summed E-state index contributed by atoms with van der Waals surface area (Å²) in [6.45, 7) is 7.49. The topological polar surface area (TPSA) is 170 Å². The lowest BCUT2D eigenvalue weighted by molar-refractivity contribution is -0.235. The number of hydrogen-bond donors (Lipinski definition) is 2. The molecule has 14 heteroatoms. The molecule has 2 N–H and O–H groups in total. The lowest BCUT2D eigenvalue weighted by atomic mass is 9.98. The number of nitrogens with one attached hydrogen (secondary N) is 2. The van der Waals surface area contributed by atoms with Gasteiger partial charge in [-0.05, 0) is 81.3 Å². The van der Waals surface area contributed by atoms with Gasteiger partial charge in [0.25, 0.3) is 5.91 Å². The van der Waals surface area contributed by atoms with E-state index in [-0.39, 0.29) is 37.7 Å². The first-order valence-corrected chi connectivity index (χ1v) is 19.3. The number of fused-ring (bicyclic) bond motifs is 5. The van der Waals surface area contributed by atoms with Gasteiger partial charge in [-0.15, -0.1) is 0 Å². The van der Waals surface area contributed by atoms with E-state index in [0.717, 1.165) is 22.3 Å². The minimum atomic E-state index is -1.14. The molecule has 300 valence electrons. The number of unbranched alkanes of at least 4 members (excludes halogenated alkanes) is 1. The van der Waals surface area contributed by atoms with Crippen LogP contribution in [0.2, 0.25) is 0 Å². The zero-order chi connectivity index (χ0) is 39.9. The van der Waals surface area contributed by atoms with E-state index in [4.69, 9.17) is 37.6 Å². The first-order chi connectivity index (χ1) is 27.4. The number of ether oxygens (including phenoxy) is 7. The molecule has 2 unspecified atom stereocenters. The molecule has 3 aromatic carbocycles. The van der Waals surface area contributed by atoms with Gasteiger partial charge in [0, 0.05) is 17.8 Å². The molecule has 0 spiro atoms. The number of rotatable bonds is 12. The second-order valence-corrected chi connectivity index (χ2v) is 15.6. The minimum Gasteiger partial charge on any atom is -0.455 e. The van der Waals surface area contributed by atoms with Gasteiger partial charge in [-0.25, -0.2) is 14.4 Å². The van der Waals surface area contributed by atoms with Crippen LogP contribution >= 0.6 is 0 Å². The van der Waals surface area contributed by atoms with Gasteiger partial charge in [0.05, 0.1) is 6.61 Å². The smallest absolute Gasteiger partial charge is 0.407 e. The Labute approximate surface area is 329 Å². The number of benzene rings is 3. The van der Waals surface area contributed by atoms with Crippen molar-refractivity contribution in [3.63, 3.8) is 0 Å². The molecule has 3 aliphatic heterocycles. The van der Waals surface area contributed by atoms with Crippen molar-refractivity contribution in [2.45, 2.75) is 101 Å². The summed E-state index contributed by atoms with van der Waals surface area (Å²) >= 11 is 0. The molecule has 0 saturated carbocycles. The monoisotopic (exact) mass is 782 g/mol. The lowest BCUT2D eigenvalue weighted by Crippen LogP contribution is -2.49. The molecule has 3 saturated heterocycles. The Morgan fingerprint density at radius 3 is 2.26 bits per heavy atom. The van der Waals surface area contributed by atoms with Crippen LogP contribution in [0.1, 0.15) is 74.4 Å². The van der Waals surface area contributed by atoms with Crippen molar-refractivity contribution in [2.24, 2.45) is 0 Å². The van der Waals surface area contributed by atoms with E-state index in [1.807, 2.05) is 48.5 Å². The maximum atomic E-state index is 14.1. The van der Waals surface area contributed by atoms with Crippen molar-refractivity contribution in [2.75, 3.05) is 19.8 Å². The van der Waals surface area contributed by atoms with Gasteiger partial charge in [0.1, 0.15) is 36.0 Å². The van der Waals surface area contributed by atoms with Crippen LogP contribution < -0.4 is 16.3 Å². The van der Waals surface area contributed by atoms with E-state index in [2.05, 4.69) is 10.6 Å². The van der Waals surface area contributed by atoms with Crippen LogP contribution in [-0.4, -0.2) is 86.1 Å². The highest BCUT2D eigenvalue weighted by molar-refractivity contribution is 5.96. The molecule has 0 bridgehead atoms. The van der Waals surface area contributed by atoms with Crippen LogP contribution in [0.5, 0.6) is 0 Å². The Kier molecular flexibility index (Phi) is 10.7. The number of hydrogen-bond acceptors (Lipinski definition) is 12. The van der Waals surface area contributed by atoms with Gasteiger partial charge in [-0.2, -0.15) is 0 Å². The van der Waals surface area contributed by atoms with Gasteiger partial charge in [-0.1, -0.05) is 66.7 Å². The average Bonchev–Trinajstić information content (AvgIpc) is 3.90. The summed E-state index contributed by atoms with van der Waals surface area (Å²) in [6.07, 6.45) is -3.75. The highest BCUT2D eigenvalue weighted by Crippen LogP contribution is 2.45. The van der Waals surface area contributed by atoms with Crippen molar-refractivity contribution in [3.8, 4) is 11.1 Å². The Morgan fingerprint density at radius 2 is 1.54 bits per heavy atom. The first-order valence-electron chi connectivity index (χ1n) is 19.3. The van der Waals surface area contributed by atoms with E-state index in [9.17, 15) is 19.2 Å². The van der Waals surface area contributed by atoms with Crippen LogP contribution in [0.25, 0.3) is 22.1 Å². The number of amides is 2. The van der Waals surface area contributed by atoms with Crippen LogP contribution in [0.4, 0.5) is 4.79 Å². The summed E-state index contributed by atoms with van der Waals surface area (Å²) in [7, 11) is 0. The third kappa shape index (κ3) is 8.18. The fourth-order valence-corrected chi connectivity index (χ4v) is 8.05. The Balaban J connectivity index is 0.946. The normalized spacial score (nSPS) is 24.7. The number of para-hydroxylation sites is 1. The number of carbonyl (C=O) groups is 3. The maximum absolute atomic E-state index is 14.1. The van der Waals surface area contributed by atoms with Gasteiger partial charge in [0.15, 0.2) is 30.1 Å². The van der Waals surface area contributed by atoms with E-state index < -0.39 is 71.9 Å². The molecule has 4 heterocycles. The molecule has 2 amide bonds. The predicted molar refractivity (Wildman–Crippen MR) is 204 cm³/mol. The fraction of sp³-hybridized carbons (Fsp3) is 0.442. The second kappa shape index (κ2) is 15.7. The molecule has 3 fully saturated rings. The third-order valence-electron chi connectivity index (χ3n) is 10.7. The summed E-state index contributed by atoms with van der Waals surface area (Å²) in [4.78, 5) is 53.1. The number of esters is 1. The summed E-state index contributed by atoms with van der Waals surface area (Å²) in [5.41, 5.74) is 3.81. The zero-order valence-electron chi connectivity index (χ0n) is 32.2. The largest absolute Gasteiger partial charge is 0.455 e. The number of alkyl carbamates (subject to hydrolysis) is 1. The Morgan fingerprint density at radius 1 is 0.842 bits per heavy atom. The van der Waals surface area contributed by atoms with E-state index in [1.165, 1.54) is 6.07 Å². The van der Waals surface area contributed by atoms with E-state index in [0.29, 0.717) is 23.8 Å². The molecule has 1 aliphatic carbocycles. The molecule has 4 aromatic rings. The number of carbonyl (C=O) groups excluding carboxylic acids is 3. The van der Waals surface area contributed by atoms with E-state index >= 15 is 0 Å². The Bertz CT molecular complexity index is 2170. The molecular weight excluding hydrogens is 736 g/mol. The van der Waals surface area contributed by atoms with Crippen LogP contribution in [-0.2, 0) is 38.0 Å². The molecule has 57 heavy (non-hydrogen) atoms. The fourth-order valence-electron chi connectivity index (χ4n) is 8.05. The van der Waals surface area contributed by atoms with Crippen molar-refractivity contribution in [1.29, 1.82) is 0 Å². The molecule has 8 rings (SSSR count). The summed E-state index contributed by atoms with van der Waals surface area (Å²) < 4.78 is 47.5. The van der Waals surface area contributed by atoms with E-state index in [1.54, 1.807) is 52.0 Å². The zero-order valence-corrected chi connectivity index (χ0v) is 32.2. The minimum absolute atomic E-state index is 0.0494. The molecule has 4 aliphatic rings. The summed E-state index contributed by atoms with van der Waals surface area (Å²) in [5, 5.41) is 6.12. The average molecular weight is 783 g/mol. The van der Waals surface area contributed by atoms with Crippen molar-refractivity contribution < 1.29 is 52.0 Å². The van der Waals surface area contributed by atoms with Gasteiger partial charge < -0.3 is 48.2 Å². The van der Waals surface area contributed by atoms with Gasteiger partial charge in [0.2, 0.25) is 0 Å². The molecule has 0 radical (unpaired) electrons. The molecular formula is C43H46N2O12. The lowest BCUT2D eigenvalue weighted by Gasteiger charge is -2.30. The van der Waals surface area contributed by atoms with Gasteiger partial charge in [-0.3, -0.25) is 4.79 Å². The SMILES string of the molecule is CC1(C)OCC([C@H]2OC3OC(C)(C)O[C@@H]3[C@H]2OC(=O)[C@H](CCCCNC(=O)c2cc3ccccc3oc2=O)NC(=O)OCC2c3ccccc3-c3ccccc32)O1. The standard InChI is InChI=1S/C43H46N2O12/c1-42(2)51-23-33(55-42)34-35(36-40(54-34)57-43(3,4)56-36)53-39(48)31(18-11-12-20-44-37(46)29-21-24-13-5-10-19-32(24)52-38(29)47)45-41(49)50-22-30-27-16-8-6-14-25(27)26-15-7-9-17-28(26)30/h5-10,13-17,19,21,30-31,33-36,40H,11-12,18,20,22-23H2,1-4H3,(H,44,46)(H,45,49)/t31-,33?,34+,35-,36+,40?/m0/s1. The molecule has 14 nitrogen and oxygen atoms in total. The molecule has 6 atom stereocenters. The summed E-state index contributed by atoms with van der Waals surface area (Å²) in [5.74, 6) is -3.35. The summed E-state index contributed by atoms with van der Waals surface area (Å²) in [6, 6.07) is 23.3. The quantitative estimate of drug-likeness (QED) is 0.105. The highest BCUT2D eigenvalue weighted by Gasteiger charge is 2.60. The maximum Gasteiger partial charge on any atom is 0.407 e. The Hall–Kier alpha value is -5.12. The van der Waals surface area contributed by atoms with Crippen LogP contribution in [0.15, 0.2) is 88.1 Å². The van der Waals surface area contributed by atoms with Crippen molar-refractivity contribution in [3.05, 3.63) is 106 Å². The van der Waals surface area contributed by atoms with Crippen molar-refractivity contribution >= 4 is 28.9 Å². The second-order valence-electron chi connectivity index (χ2n) is 15.6. The highest BCUT2D eigenvalue weighted by atomic mass is 16.9. The first kappa shape index (κ1) is 38.7. The predicted octanol–water partition coefficient (Wildman–Crippen LogP) is 5.54. The third-order valence-corrected chi connectivity index (χ3v) is 10.7.